The summed E-state index contributed by atoms with van der Waals surface area (Å²) in [4.78, 5) is 28.2. The molecule has 0 spiro atoms. The SMILES string of the molecule is COc1cccc(NC(=O)CSc2nnc(N3C(N)=C(C#N)C(c4ccc(OC)cc4OC)C4=C3CC(C)(C)CC4=O)s2)c1. The first-order valence-corrected chi connectivity index (χ1v) is 15.5. The van der Waals surface area contributed by atoms with E-state index < -0.39 is 5.92 Å². The van der Waals surface area contributed by atoms with Crippen molar-refractivity contribution in [2.45, 2.75) is 36.9 Å². The highest BCUT2D eigenvalue weighted by molar-refractivity contribution is 8.01. The summed E-state index contributed by atoms with van der Waals surface area (Å²) in [6.07, 6.45) is 0.834. The number of carbonyl (C=O) groups excluding carboxylic acids is 2. The Hall–Kier alpha value is -4.54. The topological polar surface area (TPSA) is 153 Å². The Balaban J connectivity index is 1.48. The average Bonchev–Trinajstić information content (AvgIpc) is 3.47. The first-order valence-electron chi connectivity index (χ1n) is 13.7. The second kappa shape index (κ2) is 12.6. The Bertz CT molecular complexity index is 1720. The molecule has 1 aliphatic carbocycles. The van der Waals surface area contributed by atoms with Gasteiger partial charge in [-0.1, -0.05) is 49.1 Å². The Morgan fingerprint density at radius 3 is 2.59 bits per heavy atom. The van der Waals surface area contributed by atoms with Gasteiger partial charge in [0.2, 0.25) is 11.0 Å². The second-order valence-electron chi connectivity index (χ2n) is 11.0. The Morgan fingerprint density at radius 2 is 1.89 bits per heavy atom. The molecule has 0 radical (unpaired) electrons. The van der Waals surface area contributed by atoms with Crippen LogP contribution in [0.15, 0.2) is 69.5 Å². The molecule has 3 aromatic rings. The largest absolute Gasteiger partial charge is 0.497 e. The van der Waals surface area contributed by atoms with E-state index in [1.165, 1.54) is 30.2 Å². The number of allylic oxidation sites excluding steroid dienone is 3. The maximum atomic E-state index is 13.9. The summed E-state index contributed by atoms with van der Waals surface area (Å²) >= 11 is 2.46. The van der Waals surface area contributed by atoms with E-state index >= 15 is 0 Å². The average molecular weight is 633 g/mol. The van der Waals surface area contributed by atoms with Gasteiger partial charge in [-0.2, -0.15) is 5.26 Å². The summed E-state index contributed by atoms with van der Waals surface area (Å²) in [5.41, 5.74) is 9.03. The number of ketones is 1. The van der Waals surface area contributed by atoms with Gasteiger partial charge >= 0.3 is 0 Å². The third-order valence-corrected chi connectivity index (χ3v) is 9.44. The summed E-state index contributed by atoms with van der Waals surface area (Å²) in [6, 6.07) is 14.7. The number of hydrogen-bond donors (Lipinski definition) is 2. The lowest BCUT2D eigenvalue weighted by Gasteiger charge is -2.42. The van der Waals surface area contributed by atoms with E-state index in [-0.39, 0.29) is 34.3 Å². The van der Waals surface area contributed by atoms with Crippen molar-refractivity contribution in [2.24, 2.45) is 11.1 Å². The van der Waals surface area contributed by atoms with Crippen LogP contribution in [0.25, 0.3) is 0 Å². The molecule has 1 aromatic heterocycles. The highest BCUT2D eigenvalue weighted by Crippen LogP contribution is 2.52. The molecular weight excluding hydrogens is 601 g/mol. The van der Waals surface area contributed by atoms with E-state index in [2.05, 4.69) is 21.6 Å². The number of rotatable bonds is 9. The Kier molecular flexibility index (Phi) is 8.85. The maximum Gasteiger partial charge on any atom is 0.234 e. The first kappa shape index (κ1) is 30.9. The molecule has 1 amide bonds. The highest BCUT2D eigenvalue weighted by atomic mass is 32.2. The van der Waals surface area contributed by atoms with Crippen molar-refractivity contribution in [2.75, 3.05) is 37.3 Å². The molecule has 5 rings (SSSR count). The maximum absolute atomic E-state index is 13.9. The Labute approximate surface area is 263 Å². The minimum absolute atomic E-state index is 0.0716. The van der Waals surface area contributed by atoms with Crippen LogP contribution < -0.4 is 30.2 Å². The Morgan fingerprint density at radius 1 is 1.14 bits per heavy atom. The molecule has 0 fully saturated rings. The van der Waals surface area contributed by atoms with Gasteiger partial charge in [0, 0.05) is 41.1 Å². The number of amides is 1. The van der Waals surface area contributed by atoms with Crippen LogP contribution in [0.1, 0.15) is 38.2 Å². The molecule has 11 nitrogen and oxygen atoms in total. The fraction of sp³-hybridized carbons (Fsp3) is 0.323. The van der Waals surface area contributed by atoms with Crippen LogP contribution in [-0.2, 0) is 9.59 Å². The lowest BCUT2D eigenvalue weighted by Crippen LogP contribution is -2.42. The van der Waals surface area contributed by atoms with E-state index in [0.29, 0.717) is 62.1 Å². The van der Waals surface area contributed by atoms with E-state index in [4.69, 9.17) is 19.9 Å². The molecule has 1 unspecified atom stereocenters. The zero-order chi connectivity index (χ0) is 31.6. The van der Waals surface area contributed by atoms with Crippen LogP contribution in [-0.4, -0.2) is 49.0 Å². The smallest absolute Gasteiger partial charge is 0.234 e. The minimum atomic E-state index is -0.724. The lowest BCUT2D eigenvalue weighted by atomic mass is 9.68. The number of nitrogens with two attached hydrogens (primary N) is 1. The summed E-state index contributed by atoms with van der Waals surface area (Å²) in [5, 5.41) is 22.3. The van der Waals surface area contributed by atoms with Crippen molar-refractivity contribution < 1.29 is 23.8 Å². The summed E-state index contributed by atoms with van der Waals surface area (Å²) < 4.78 is 16.8. The third kappa shape index (κ3) is 6.09. The number of hydrogen-bond acceptors (Lipinski definition) is 12. The predicted molar refractivity (Wildman–Crippen MR) is 169 cm³/mol. The normalized spacial score (nSPS) is 17.6. The molecule has 0 saturated heterocycles. The molecule has 228 valence electrons. The number of nitriles is 1. The predicted octanol–water partition coefficient (Wildman–Crippen LogP) is 5.24. The van der Waals surface area contributed by atoms with Gasteiger partial charge in [0.15, 0.2) is 10.1 Å². The van der Waals surface area contributed by atoms with Crippen molar-refractivity contribution in [3.63, 3.8) is 0 Å². The van der Waals surface area contributed by atoms with Gasteiger partial charge in [0.25, 0.3) is 0 Å². The van der Waals surface area contributed by atoms with Crippen molar-refractivity contribution >= 4 is 45.6 Å². The number of benzene rings is 2. The molecule has 0 bridgehead atoms. The molecule has 13 heteroatoms. The van der Waals surface area contributed by atoms with Gasteiger partial charge in [-0.3, -0.25) is 14.5 Å². The van der Waals surface area contributed by atoms with Gasteiger partial charge in [-0.15, -0.1) is 10.2 Å². The number of Topliss-reactive ketones (excluding diaryl/α,β-unsaturated/α-hetero) is 1. The van der Waals surface area contributed by atoms with Crippen LogP contribution in [0.4, 0.5) is 10.8 Å². The van der Waals surface area contributed by atoms with Crippen molar-refractivity contribution in [3.8, 4) is 23.3 Å². The highest BCUT2D eigenvalue weighted by Gasteiger charge is 2.46. The van der Waals surface area contributed by atoms with Crippen molar-refractivity contribution in [1.82, 2.24) is 10.2 Å². The fourth-order valence-electron chi connectivity index (χ4n) is 5.47. The number of carbonyl (C=O) groups is 2. The molecule has 0 saturated carbocycles. The molecule has 3 N–H and O–H groups in total. The molecule has 1 aliphatic heterocycles. The molecule has 2 aliphatic rings. The fourth-order valence-corrected chi connectivity index (χ4v) is 7.15. The standard InChI is InChI=1S/C31H32N6O5S2/c1-31(2)13-22-27(23(38)14-31)26(20-10-9-19(41-4)12-24(20)42-5)21(15-32)28(33)37(22)29-35-36-30(44-29)43-16-25(39)34-17-7-6-8-18(11-17)40-3/h6-12,26H,13-14,16,33H2,1-5H3,(H,34,39). The van der Waals surface area contributed by atoms with Gasteiger partial charge in [0.1, 0.15) is 23.1 Å². The molecule has 1 atom stereocenters. The zero-order valence-corrected chi connectivity index (χ0v) is 26.6. The van der Waals surface area contributed by atoms with Crippen LogP contribution in [0.3, 0.4) is 0 Å². The zero-order valence-electron chi connectivity index (χ0n) is 25.0. The van der Waals surface area contributed by atoms with Crippen LogP contribution in [0, 0.1) is 16.7 Å². The van der Waals surface area contributed by atoms with Crippen molar-refractivity contribution in [3.05, 3.63) is 70.7 Å². The second-order valence-corrected chi connectivity index (χ2v) is 13.2. The number of nitrogens with zero attached hydrogens (tertiary/aromatic N) is 4. The summed E-state index contributed by atoms with van der Waals surface area (Å²) in [5.74, 6) is 0.955. The van der Waals surface area contributed by atoms with Crippen LogP contribution >= 0.6 is 23.1 Å². The monoisotopic (exact) mass is 632 g/mol. The molecule has 44 heavy (non-hydrogen) atoms. The third-order valence-electron chi connectivity index (χ3n) is 7.40. The molecular formula is C31H32N6O5S2. The van der Waals surface area contributed by atoms with E-state index in [0.717, 1.165) is 0 Å². The van der Waals surface area contributed by atoms with Crippen molar-refractivity contribution in [1.29, 1.82) is 5.26 Å². The van der Waals surface area contributed by atoms with Gasteiger partial charge in [-0.25, -0.2) is 0 Å². The van der Waals surface area contributed by atoms with Crippen LogP contribution in [0.5, 0.6) is 17.2 Å². The summed E-state index contributed by atoms with van der Waals surface area (Å²) in [7, 11) is 4.65. The summed E-state index contributed by atoms with van der Waals surface area (Å²) in [6.45, 7) is 4.05. The minimum Gasteiger partial charge on any atom is -0.497 e. The van der Waals surface area contributed by atoms with Gasteiger partial charge in [-0.05, 0) is 30.0 Å². The number of methoxy groups -OCH3 is 3. The lowest BCUT2D eigenvalue weighted by molar-refractivity contribution is -0.118. The number of ether oxygens (including phenoxy) is 3. The van der Waals surface area contributed by atoms with E-state index in [9.17, 15) is 14.9 Å². The number of anilines is 2. The van der Waals surface area contributed by atoms with Gasteiger partial charge < -0.3 is 25.3 Å². The first-order chi connectivity index (χ1) is 21.1. The van der Waals surface area contributed by atoms with E-state index in [1.54, 1.807) is 61.6 Å². The number of aromatic nitrogens is 2. The van der Waals surface area contributed by atoms with Crippen LogP contribution in [0.2, 0.25) is 0 Å². The number of nitrogens with one attached hydrogen (secondary N) is 1. The van der Waals surface area contributed by atoms with Gasteiger partial charge in [0.05, 0.1) is 44.6 Å². The quantitative estimate of drug-likeness (QED) is 0.298. The molecule has 2 heterocycles. The molecule has 2 aromatic carbocycles. The number of thioether (sulfide) groups is 1. The van der Waals surface area contributed by atoms with E-state index in [1.807, 2.05) is 13.8 Å².